The van der Waals surface area contributed by atoms with Crippen molar-refractivity contribution >= 4 is 15.9 Å². The minimum atomic E-state index is -4.41. The Morgan fingerprint density at radius 1 is 1.32 bits per heavy atom. The summed E-state index contributed by atoms with van der Waals surface area (Å²) in [5.74, 6) is 0. The highest BCUT2D eigenvalue weighted by atomic mass is 79.9. The molecule has 0 N–H and O–H groups in total. The molecule has 0 amide bonds. The average molecular weight is 337 g/mol. The van der Waals surface area contributed by atoms with E-state index in [4.69, 9.17) is 0 Å². The fourth-order valence-corrected chi connectivity index (χ4v) is 2.49. The van der Waals surface area contributed by atoms with Crippen molar-refractivity contribution in [1.82, 2.24) is 19.6 Å². The van der Waals surface area contributed by atoms with Crippen molar-refractivity contribution in [1.29, 1.82) is 0 Å². The first-order valence-corrected chi connectivity index (χ1v) is 6.43. The fourth-order valence-electron chi connectivity index (χ4n) is 1.75. The van der Waals surface area contributed by atoms with Gasteiger partial charge in [0.1, 0.15) is 0 Å². The minimum Gasteiger partial charge on any atom is -0.269 e. The molecule has 4 nitrogen and oxygen atoms in total. The largest absolute Gasteiger partial charge is 0.435 e. The van der Waals surface area contributed by atoms with Gasteiger partial charge in [-0.1, -0.05) is 6.92 Å². The molecular formula is C11H12BrF3N4. The van der Waals surface area contributed by atoms with E-state index in [1.54, 1.807) is 11.7 Å². The van der Waals surface area contributed by atoms with Crippen molar-refractivity contribution < 1.29 is 13.2 Å². The van der Waals surface area contributed by atoms with Gasteiger partial charge in [-0.2, -0.15) is 23.4 Å². The van der Waals surface area contributed by atoms with E-state index in [2.05, 4.69) is 26.1 Å². The molecule has 2 aromatic heterocycles. The summed E-state index contributed by atoms with van der Waals surface area (Å²) in [4.78, 5) is 0. The number of nitrogens with zero attached hydrogens (tertiary/aromatic N) is 4. The molecule has 2 aromatic rings. The Hall–Kier alpha value is -1.31. The zero-order valence-electron chi connectivity index (χ0n) is 10.4. The Morgan fingerprint density at radius 3 is 2.47 bits per heavy atom. The van der Waals surface area contributed by atoms with Gasteiger partial charge in [0.25, 0.3) is 0 Å². The lowest BCUT2D eigenvalue weighted by Crippen LogP contribution is -2.10. The molecule has 0 atom stereocenters. The van der Waals surface area contributed by atoms with Crippen LogP contribution in [0.3, 0.4) is 0 Å². The normalized spacial score (nSPS) is 12.1. The second-order valence-electron chi connectivity index (χ2n) is 4.08. The van der Waals surface area contributed by atoms with Crippen LogP contribution in [0.1, 0.15) is 24.0 Å². The van der Waals surface area contributed by atoms with Crippen LogP contribution in [0.25, 0.3) is 0 Å². The molecule has 0 fully saturated rings. The number of hydrogen-bond acceptors (Lipinski definition) is 2. The Kier molecular flexibility index (Phi) is 3.71. The van der Waals surface area contributed by atoms with Crippen LogP contribution in [0.5, 0.6) is 0 Å². The van der Waals surface area contributed by atoms with Gasteiger partial charge in [0.05, 0.1) is 22.4 Å². The van der Waals surface area contributed by atoms with Crippen LogP contribution in [0.4, 0.5) is 13.2 Å². The number of rotatable bonds is 3. The highest BCUT2D eigenvalue weighted by Gasteiger charge is 2.33. The fraction of sp³-hybridized carbons (Fsp3) is 0.455. The van der Waals surface area contributed by atoms with Gasteiger partial charge in [-0.15, -0.1) is 0 Å². The molecule has 0 bridgehead atoms. The molecule has 2 heterocycles. The SMILES string of the molecule is CCc1nn(C)c(Cn2ccc(C(F)(F)F)n2)c1Br. The second kappa shape index (κ2) is 4.99. The summed E-state index contributed by atoms with van der Waals surface area (Å²) in [6, 6.07) is 0.963. The molecule has 0 saturated carbocycles. The van der Waals surface area contributed by atoms with Crippen molar-refractivity contribution in [3.05, 3.63) is 33.8 Å². The van der Waals surface area contributed by atoms with Gasteiger partial charge in [-0.25, -0.2) is 0 Å². The summed E-state index contributed by atoms with van der Waals surface area (Å²) in [7, 11) is 1.76. The van der Waals surface area contributed by atoms with Crippen LogP contribution in [0.15, 0.2) is 16.7 Å². The van der Waals surface area contributed by atoms with Crippen LogP contribution >= 0.6 is 15.9 Å². The van der Waals surface area contributed by atoms with E-state index in [1.807, 2.05) is 6.92 Å². The van der Waals surface area contributed by atoms with Gasteiger partial charge >= 0.3 is 6.18 Å². The van der Waals surface area contributed by atoms with Crippen LogP contribution in [-0.2, 0) is 26.2 Å². The molecule has 8 heteroatoms. The first-order chi connectivity index (χ1) is 8.82. The lowest BCUT2D eigenvalue weighted by atomic mass is 10.3. The minimum absolute atomic E-state index is 0.236. The van der Waals surface area contributed by atoms with E-state index < -0.39 is 11.9 Å². The van der Waals surface area contributed by atoms with E-state index in [1.165, 1.54) is 10.9 Å². The van der Waals surface area contributed by atoms with Crippen molar-refractivity contribution in [3.63, 3.8) is 0 Å². The summed E-state index contributed by atoms with van der Waals surface area (Å²) in [5.41, 5.74) is 0.774. The first-order valence-electron chi connectivity index (χ1n) is 5.63. The average Bonchev–Trinajstić information content (AvgIpc) is 2.88. The van der Waals surface area contributed by atoms with Crippen LogP contribution in [0, 0.1) is 0 Å². The Morgan fingerprint density at radius 2 is 2.00 bits per heavy atom. The van der Waals surface area contributed by atoms with Crippen LogP contribution in [-0.4, -0.2) is 19.6 Å². The maximum atomic E-state index is 12.5. The van der Waals surface area contributed by atoms with Crippen molar-refractivity contribution in [3.8, 4) is 0 Å². The molecule has 0 aromatic carbocycles. The number of aryl methyl sites for hydroxylation is 2. The Labute approximate surface area is 116 Å². The summed E-state index contributed by atoms with van der Waals surface area (Å²) < 4.78 is 41.1. The number of hydrogen-bond donors (Lipinski definition) is 0. The number of halogens is 4. The predicted octanol–water partition coefficient (Wildman–Crippen LogP) is 3.01. The van der Waals surface area contributed by atoms with Gasteiger partial charge < -0.3 is 0 Å². The van der Waals surface area contributed by atoms with E-state index >= 15 is 0 Å². The predicted molar refractivity (Wildman–Crippen MR) is 66.6 cm³/mol. The number of alkyl halides is 3. The van der Waals surface area contributed by atoms with Crippen molar-refractivity contribution in [2.75, 3.05) is 0 Å². The topological polar surface area (TPSA) is 35.6 Å². The van der Waals surface area contributed by atoms with E-state index in [0.29, 0.717) is 0 Å². The van der Waals surface area contributed by atoms with Gasteiger partial charge in [0.2, 0.25) is 0 Å². The second-order valence-corrected chi connectivity index (χ2v) is 4.87. The van der Waals surface area contributed by atoms with Crippen LogP contribution in [0.2, 0.25) is 0 Å². The smallest absolute Gasteiger partial charge is 0.269 e. The molecule has 0 spiro atoms. The third-order valence-electron chi connectivity index (χ3n) is 2.75. The third-order valence-corrected chi connectivity index (χ3v) is 3.66. The summed E-state index contributed by atoms with van der Waals surface area (Å²) >= 11 is 3.42. The summed E-state index contributed by atoms with van der Waals surface area (Å²) in [6.07, 6.45) is -2.35. The standard InChI is InChI=1S/C11H12BrF3N4/c1-3-7-10(12)8(18(2)16-7)6-19-5-4-9(17-19)11(13,14)15/h4-5H,3,6H2,1-2H3. The lowest BCUT2D eigenvalue weighted by molar-refractivity contribution is -0.141. The monoisotopic (exact) mass is 336 g/mol. The van der Waals surface area contributed by atoms with Gasteiger partial charge in [-0.05, 0) is 28.4 Å². The van der Waals surface area contributed by atoms with E-state index in [-0.39, 0.29) is 6.54 Å². The molecular weight excluding hydrogens is 325 g/mol. The van der Waals surface area contributed by atoms with Gasteiger partial charge in [0.15, 0.2) is 5.69 Å². The zero-order valence-corrected chi connectivity index (χ0v) is 12.0. The third kappa shape index (κ3) is 2.83. The maximum Gasteiger partial charge on any atom is 0.435 e. The molecule has 2 rings (SSSR count). The van der Waals surface area contributed by atoms with E-state index in [9.17, 15) is 13.2 Å². The first kappa shape index (κ1) is 14.1. The van der Waals surface area contributed by atoms with Gasteiger partial charge in [0, 0.05) is 13.2 Å². The summed E-state index contributed by atoms with van der Waals surface area (Å²) in [6.45, 7) is 2.20. The van der Waals surface area contributed by atoms with Crippen molar-refractivity contribution in [2.45, 2.75) is 26.1 Å². The lowest BCUT2D eigenvalue weighted by Gasteiger charge is -2.04. The highest BCUT2D eigenvalue weighted by molar-refractivity contribution is 9.10. The van der Waals surface area contributed by atoms with Crippen molar-refractivity contribution in [2.24, 2.45) is 7.05 Å². The Balaban J connectivity index is 2.27. The number of aromatic nitrogens is 4. The maximum absolute atomic E-state index is 12.5. The summed E-state index contributed by atoms with van der Waals surface area (Å²) in [5, 5.41) is 7.81. The molecule has 0 saturated heterocycles. The zero-order chi connectivity index (χ0) is 14.2. The van der Waals surface area contributed by atoms with Gasteiger partial charge in [-0.3, -0.25) is 9.36 Å². The quantitative estimate of drug-likeness (QED) is 0.863. The Bertz CT molecular complexity index is 585. The molecule has 19 heavy (non-hydrogen) atoms. The molecule has 0 radical (unpaired) electrons. The molecule has 104 valence electrons. The molecule has 0 aliphatic rings. The molecule has 0 aliphatic carbocycles. The van der Waals surface area contributed by atoms with E-state index in [0.717, 1.165) is 28.3 Å². The highest BCUT2D eigenvalue weighted by Crippen LogP contribution is 2.28. The van der Waals surface area contributed by atoms with Crippen LogP contribution < -0.4 is 0 Å². The molecule has 0 aliphatic heterocycles. The molecule has 0 unspecified atom stereocenters.